The van der Waals surface area contributed by atoms with Crippen molar-refractivity contribution in [2.24, 2.45) is 17.6 Å². The first-order valence-electron chi connectivity index (χ1n) is 8.12. The molecule has 1 amide bonds. The highest BCUT2D eigenvalue weighted by molar-refractivity contribution is 5.82. The summed E-state index contributed by atoms with van der Waals surface area (Å²) in [5, 5.41) is 13.0. The van der Waals surface area contributed by atoms with Crippen molar-refractivity contribution in [2.45, 2.75) is 72.1 Å². The van der Waals surface area contributed by atoms with Crippen molar-refractivity contribution in [3.63, 3.8) is 0 Å². The number of carbonyl (C=O) groups is 2. The molecule has 0 radical (unpaired) electrons. The van der Waals surface area contributed by atoms with Crippen LogP contribution in [-0.2, 0) is 14.3 Å². The van der Waals surface area contributed by atoms with Gasteiger partial charge in [0.1, 0.15) is 0 Å². The Morgan fingerprint density at radius 2 is 1.82 bits per heavy atom. The van der Waals surface area contributed by atoms with Gasteiger partial charge < -0.3 is 20.9 Å². The minimum absolute atomic E-state index is 0.0573. The summed E-state index contributed by atoms with van der Waals surface area (Å²) in [6, 6.07) is -1.12. The summed E-state index contributed by atoms with van der Waals surface area (Å²) in [6.07, 6.45) is 0.257. The van der Waals surface area contributed by atoms with Crippen molar-refractivity contribution in [3.05, 3.63) is 0 Å². The van der Waals surface area contributed by atoms with Crippen molar-refractivity contribution >= 4 is 11.9 Å². The summed E-state index contributed by atoms with van der Waals surface area (Å²) in [6.45, 7) is 9.85. The number of hydrogen-bond acceptors (Lipinski definition) is 5. The van der Waals surface area contributed by atoms with Crippen LogP contribution in [0.5, 0.6) is 0 Å². The van der Waals surface area contributed by atoms with E-state index in [0.29, 0.717) is 6.42 Å². The second-order valence-electron chi connectivity index (χ2n) is 6.23. The Morgan fingerprint density at radius 3 is 2.27 bits per heavy atom. The van der Waals surface area contributed by atoms with Crippen LogP contribution in [0.4, 0.5) is 0 Å². The molecule has 6 heteroatoms. The number of amides is 1. The van der Waals surface area contributed by atoms with Gasteiger partial charge in [0.25, 0.3) is 0 Å². The predicted octanol–water partition coefficient (Wildman–Crippen LogP) is 1.20. The highest BCUT2D eigenvalue weighted by Gasteiger charge is 2.28. The Labute approximate surface area is 133 Å². The standard InChI is InChI=1S/C16H32N2O4/c1-6-11(5)15(17)16(21)18-12(8-10(3)4)13(19)9-14(20)22-7-2/h10-13,15,19H,6-9,17H2,1-5H3,(H,18,21)/t11?,12-,13+,15-/m0/s1. The summed E-state index contributed by atoms with van der Waals surface area (Å²) in [7, 11) is 0. The normalized spacial score (nSPS) is 16.7. The van der Waals surface area contributed by atoms with Gasteiger partial charge >= 0.3 is 5.97 Å². The van der Waals surface area contributed by atoms with E-state index >= 15 is 0 Å². The molecule has 0 fully saturated rings. The molecular formula is C16H32N2O4. The van der Waals surface area contributed by atoms with E-state index in [4.69, 9.17) is 10.5 Å². The zero-order valence-electron chi connectivity index (χ0n) is 14.5. The van der Waals surface area contributed by atoms with Crippen LogP contribution in [-0.4, -0.2) is 41.8 Å². The summed E-state index contributed by atoms with van der Waals surface area (Å²) in [5.74, 6) is -0.434. The maximum Gasteiger partial charge on any atom is 0.308 e. The Bertz CT molecular complexity index is 347. The Balaban J connectivity index is 4.75. The first-order chi connectivity index (χ1) is 10.2. The second-order valence-corrected chi connectivity index (χ2v) is 6.23. The molecule has 0 aromatic heterocycles. The lowest BCUT2D eigenvalue weighted by Gasteiger charge is -2.28. The van der Waals surface area contributed by atoms with Crippen LogP contribution >= 0.6 is 0 Å². The highest BCUT2D eigenvalue weighted by atomic mass is 16.5. The van der Waals surface area contributed by atoms with Crippen LogP contribution in [0.2, 0.25) is 0 Å². The van der Waals surface area contributed by atoms with Crippen LogP contribution in [0.15, 0.2) is 0 Å². The number of rotatable bonds is 10. The van der Waals surface area contributed by atoms with Gasteiger partial charge in [0.15, 0.2) is 0 Å². The van der Waals surface area contributed by atoms with Gasteiger partial charge in [-0.15, -0.1) is 0 Å². The monoisotopic (exact) mass is 316 g/mol. The van der Waals surface area contributed by atoms with Crippen molar-refractivity contribution < 1.29 is 19.4 Å². The summed E-state index contributed by atoms with van der Waals surface area (Å²) in [4.78, 5) is 23.7. The fraction of sp³-hybridized carbons (Fsp3) is 0.875. The molecule has 130 valence electrons. The van der Waals surface area contributed by atoms with Crippen molar-refractivity contribution in [3.8, 4) is 0 Å². The SMILES string of the molecule is CCOC(=O)C[C@@H](O)[C@H](CC(C)C)NC(=O)[C@@H](N)C(C)CC. The zero-order chi connectivity index (χ0) is 17.3. The molecule has 0 heterocycles. The van der Waals surface area contributed by atoms with Gasteiger partial charge in [0.2, 0.25) is 5.91 Å². The van der Waals surface area contributed by atoms with E-state index < -0.39 is 24.2 Å². The van der Waals surface area contributed by atoms with E-state index in [1.807, 2.05) is 27.7 Å². The van der Waals surface area contributed by atoms with Crippen molar-refractivity contribution in [1.29, 1.82) is 0 Å². The lowest BCUT2D eigenvalue weighted by molar-refractivity contribution is -0.146. The first-order valence-corrected chi connectivity index (χ1v) is 8.12. The minimum Gasteiger partial charge on any atom is -0.466 e. The molecule has 0 saturated heterocycles. The third kappa shape index (κ3) is 7.75. The van der Waals surface area contributed by atoms with Crippen LogP contribution in [0.3, 0.4) is 0 Å². The van der Waals surface area contributed by atoms with Crippen molar-refractivity contribution in [1.82, 2.24) is 5.32 Å². The molecule has 0 aliphatic carbocycles. The van der Waals surface area contributed by atoms with Gasteiger partial charge in [-0.25, -0.2) is 0 Å². The highest BCUT2D eigenvalue weighted by Crippen LogP contribution is 2.13. The molecule has 0 saturated carbocycles. The van der Waals surface area contributed by atoms with Crippen LogP contribution < -0.4 is 11.1 Å². The van der Waals surface area contributed by atoms with E-state index in [1.54, 1.807) is 6.92 Å². The number of ether oxygens (including phenoxy) is 1. The number of esters is 1. The van der Waals surface area contributed by atoms with Crippen LogP contribution in [0.25, 0.3) is 0 Å². The van der Waals surface area contributed by atoms with Gasteiger partial charge in [-0.3, -0.25) is 9.59 Å². The molecule has 0 aromatic rings. The lowest BCUT2D eigenvalue weighted by atomic mass is 9.95. The maximum atomic E-state index is 12.2. The minimum atomic E-state index is -0.977. The predicted molar refractivity (Wildman–Crippen MR) is 86.1 cm³/mol. The quantitative estimate of drug-likeness (QED) is 0.526. The fourth-order valence-corrected chi connectivity index (χ4v) is 2.14. The third-order valence-electron chi connectivity index (χ3n) is 3.76. The van der Waals surface area contributed by atoms with Gasteiger partial charge in [0.05, 0.1) is 31.2 Å². The molecule has 6 nitrogen and oxygen atoms in total. The topological polar surface area (TPSA) is 102 Å². The Kier molecular flexibility index (Phi) is 10.0. The molecule has 0 aliphatic heterocycles. The second kappa shape index (κ2) is 10.6. The fourth-order valence-electron chi connectivity index (χ4n) is 2.14. The zero-order valence-corrected chi connectivity index (χ0v) is 14.5. The molecular weight excluding hydrogens is 284 g/mol. The van der Waals surface area contributed by atoms with Gasteiger partial charge in [-0.05, 0) is 25.2 Å². The van der Waals surface area contributed by atoms with Gasteiger partial charge in [-0.1, -0.05) is 34.1 Å². The molecule has 1 unspecified atom stereocenters. The van der Waals surface area contributed by atoms with E-state index in [9.17, 15) is 14.7 Å². The largest absolute Gasteiger partial charge is 0.466 e. The number of aliphatic hydroxyl groups is 1. The van der Waals surface area contributed by atoms with E-state index in [0.717, 1.165) is 6.42 Å². The summed E-state index contributed by atoms with van der Waals surface area (Å²) < 4.78 is 4.84. The van der Waals surface area contributed by atoms with Crippen LogP contribution in [0.1, 0.15) is 53.9 Å². The van der Waals surface area contributed by atoms with Crippen LogP contribution in [0, 0.1) is 11.8 Å². The molecule has 0 bridgehead atoms. The van der Waals surface area contributed by atoms with Crippen molar-refractivity contribution in [2.75, 3.05) is 6.61 Å². The number of hydrogen-bond donors (Lipinski definition) is 3. The summed E-state index contributed by atoms with van der Waals surface area (Å²) >= 11 is 0. The number of nitrogens with one attached hydrogen (secondary N) is 1. The number of carbonyl (C=O) groups excluding carboxylic acids is 2. The molecule has 0 aliphatic rings. The molecule has 4 N–H and O–H groups in total. The molecule has 22 heavy (non-hydrogen) atoms. The number of aliphatic hydroxyl groups excluding tert-OH is 1. The average molecular weight is 316 g/mol. The maximum absolute atomic E-state index is 12.2. The Morgan fingerprint density at radius 1 is 1.23 bits per heavy atom. The van der Waals surface area contributed by atoms with Gasteiger partial charge in [-0.2, -0.15) is 0 Å². The first kappa shape index (κ1) is 20.9. The van der Waals surface area contributed by atoms with Gasteiger partial charge in [0, 0.05) is 0 Å². The Hall–Kier alpha value is -1.14. The smallest absolute Gasteiger partial charge is 0.308 e. The van der Waals surface area contributed by atoms with E-state index in [2.05, 4.69) is 5.32 Å². The molecule has 0 rings (SSSR count). The molecule has 0 aromatic carbocycles. The summed E-state index contributed by atoms with van der Waals surface area (Å²) in [5.41, 5.74) is 5.91. The third-order valence-corrected chi connectivity index (χ3v) is 3.76. The van der Waals surface area contributed by atoms with E-state index in [-0.39, 0.29) is 30.8 Å². The number of nitrogens with two attached hydrogens (primary N) is 1. The van der Waals surface area contributed by atoms with E-state index in [1.165, 1.54) is 0 Å². The average Bonchev–Trinajstić information content (AvgIpc) is 2.44. The lowest BCUT2D eigenvalue weighted by Crippen LogP contribution is -2.52. The molecule has 4 atom stereocenters. The molecule has 0 spiro atoms.